The molecule has 0 aliphatic heterocycles. The van der Waals surface area contributed by atoms with Crippen LogP contribution in [0.1, 0.15) is 18.1 Å². The zero-order valence-electron chi connectivity index (χ0n) is 13.0. The number of aliphatic hydroxyl groups is 1. The molecule has 0 bridgehead atoms. The third kappa shape index (κ3) is 1.73. The van der Waals surface area contributed by atoms with Crippen LogP contribution in [0.5, 0.6) is 0 Å². The summed E-state index contributed by atoms with van der Waals surface area (Å²) in [6, 6.07) is 19.4. The van der Waals surface area contributed by atoms with Crippen LogP contribution in [0.4, 0.5) is 0 Å². The first kappa shape index (κ1) is 15.0. The monoisotopic (exact) mass is 296 g/mol. The van der Waals surface area contributed by atoms with Crippen LogP contribution in [0.25, 0.3) is 5.57 Å². The van der Waals surface area contributed by atoms with Crippen LogP contribution < -0.4 is 0 Å². The Hall–Kier alpha value is -1.94. The fourth-order valence-electron chi connectivity index (χ4n) is 3.54. The molecule has 3 rings (SSSR count). The lowest BCUT2D eigenvalue weighted by Gasteiger charge is -2.55. The van der Waals surface area contributed by atoms with Gasteiger partial charge in [-0.3, -0.25) is 0 Å². The molecule has 3 heteroatoms. The molecule has 1 unspecified atom stereocenters. The molecule has 0 saturated carbocycles. The largest absolute Gasteiger partial charge is 0.375 e. The van der Waals surface area contributed by atoms with Crippen molar-refractivity contribution in [1.82, 2.24) is 0 Å². The van der Waals surface area contributed by atoms with E-state index in [2.05, 4.69) is 0 Å². The molecule has 0 heterocycles. The van der Waals surface area contributed by atoms with Crippen LogP contribution in [-0.2, 0) is 15.1 Å². The maximum absolute atomic E-state index is 11.6. The lowest BCUT2D eigenvalue weighted by Crippen LogP contribution is -2.63. The van der Waals surface area contributed by atoms with E-state index in [1.165, 1.54) is 0 Å². The molecule has 0 fully saturated rings. The Bertz CT molecular complexity index is 687. The second-order valence-corrected chi connectivity index (χ2v) is 5.47. The standard InChI is InChI=1S/C19H20O3/c1-14-17(15-10-6-4-7-11-15)18(20,19(14,21-2)22-3)16-12-8-5-9-13-16/h4-13,20H,1-3H3. The van der Waals surface area contributed by atoms with Gasteiger partial charge in [-0.25, -0.2) is 0 Å². The summed E-state index contributed by atoms with van der Waals surface area (Å²) in [6.45, 7) is 1.94. The minimum Gasteiger partial charge on any atom is -0.375 e. The lowest BCUT2D eigenvalue weighted by atomic mass is 9.62. The molecule has 3 nitrogen and oxygen atoms in total. The number of hydrogen-bond donors (Lipinski definition) is 1. The van der Waals surface area contributed by atoms with E-state index in [-0.39, 0.29) is 0 Å². The first-order valence-corrected chi connectivity index (χ1v) is 7.27. The third-order valence-electron chi connectivity index (χ3n) is 4.54. The Morgan fingerprint density at radius 1 is 0.818 bits per heavy atom. The van der Waals surface area contributed by atoms with Crippen molar-refractivity contribution in [1.29, 1.82) is 0 Å². The third-order valence-corrected chi connectivity index (χ3v) is 4.54. The van der Waals surface area contributed by atoms with Gasteiger partial charge in [0.05, 0.1) is 0 Å². The molecular weight excluding hydrogens is 276 g/mol. The summed E-state index contributed by atoms with van der Waals surface area (Å²) in [4.78, 5) is 0. The Morgan fingerprint density at radius 3 is 1.82 bits per heavy atom. The SMILES string of the molecule is COC1(OC)C(C)=C(c2ccccc2)C1(O)c1ccccc1. The van der Waals surface area contributed by atoms with Crippen molar-refractivity contribution in [2.24, 2.45) is 0 Å². The predicted molar refractivity (Wildman–Crippen MR) is 86.1 cm³/mol. The van der Waals surface area contributed by atoms with Crippen LogP contribution in [-0.4, -0.2) is 25.1 Å². The van der Waals surface area contributed by atoms with Gasteiger partial charge in [-0.2, -0.15) is 0 Å². The lowest BCUT2D eigenvalue weighted by molar-refractivity contribution is -0.279. The number of methoxy groups -OCH3 is 2. The van der Waals surface area contributed by atoms with Crippen molar-refractivity contribution < 1.29 is 14.6 Å². The highest BCUT2D eigenvalue weighted by Crippen LogP contribution is 2.60. The number of rotatable bonds is 4. The smallest absolute Gasteiger partial charge is 0.229 e. The van der Waals surface area contributed by atoms with E-state index in [0.29, 0.717) is 0 Å². The van der Waals surface area contributed by atoms with E-state index in [0.717, 1.165) is 22.3 Å². The molecule has 22 heavy (non-hydrogen) atoms. The highest BCUT2D eigenvalue weighted by atomic mass is 16.7. The fraction of sp³-hybridized carbons (Fsp3) is 0.263. The van der Waals surface area contributed by atoms with Crippen molar-refractivity contribution >= 4 is 5.57 Å². The molecule has 1 aliphatic carbocycles. The molecule has 1 atom stereocenters. The molecule has 2 aromatic carbocycles. The maximum atomic E-state index is 11.6. The average molecular weight is 296 g/mol. The van der Waals surface area contributed by atoms with Crippen molar-refractivity contribution in [3.05, 3.63) is 77.4 Å². The summed E-state index contributed by atoms with van der Waals surface area (Å²) in [6.07, 6.45) is 0. The normalized spacial score (nSPS) is 23.3. The van der Waals surface area contributed by atoms with Gasteiger partial charge in [-0.1, -0.05) is 60.7 Å². The van der Waals surface area contributed by atoms with Crippen LogP contribution in [0.3, 0.4) is 0 Å². The summed E-state index contributed by atoms with van der Waals surface area (Å²) in [5, 5.41) is 11.6. The van der Waals surface area contributed by atoms with E-state index in [4.69, 9.17) is 9.47 Å². The summed E-state index contributed by atoms with van der Waals surface area (Å²) in [5.74, 6) is -1.17. The number of hydrogen-bond acceptors (Lipinski definition) is 3. The molecule has 0 aromatic heterocycles. The second kappa shape index (κ2) is 5.36. The molecule has 2 aromatic rings. The molecule has 0 amide bonds. The van der Waals surface area contributed by atoms with Crippen molar-refractivity contribution in [2.45, 2.75) is 18.3 Å². The highest BCUT2D eigenvalue weighted by Gasteiger charge is 2.66. The molecule has 1 N–H and O–H groups in total. The van der Waals surface area contributed by atoms with Gasteiger partial charge < -0.3 is 14.6 Å². The van der Waals surface area contributed by atoms with Crippen LogP contribution in [0, 0.1) is 0 Å². The van der Waals surface area contributed by atoms with Crippen molar-refractivity contribution in [3.8, 4) is 0 Å². The molecule has 0 spiro atoms. The fourth-order valence-corrected chi connectivity index (χ4v) is 3.54. The van der Waals surface area contributed by atoms with E-state index >= 15 is 0 Å². The van der Waals surface area contributed by atoms with E-state index in [1.807, 2.05) is 67.6 Å². The number of ether oxygens (including phenoxy) is 2. The molecule has 0 radical (unpaired) electrons. The van der Waals surface area contributed by atoms with E-state index in [1.54, 1.807) is 14.2 Å². The summed E-state index contributed by atoms with van der Waals surface area (Å²) in [5.41, 5.74) is 2.10. The van der Waals surface area contributed by atoms with Gasteiger partial charge in [0, 0.05) is 19.8 Å². The van der Waals surface area contributed by atoms with Gasteiger partial charge in [-0.05, 0) is 23.6 Å². The first-order valence-electron chi connectivity index (χ1n) is 7.27. The highest BCUT2D eigenvalue weighted by molar-refractivity contribution is 5.86. The van der Waals surface area contributed by atoms with E-state index in [9.17, 15) is 5.11 Å². The van der Waals surface area contributed by atoms with Gasteiger partial charge in [0.15, 0.2) is 5.60 Å². The molecule has 0 saturated heterocycles. The van der Waals surface area contributed by atoms with Gasteiger partial charge in [0.2, 0.25) is 5.79 Å². The Morgan fingerprint density at radius 2 is 1.32 bits per heavy atom. The first-order chi connectivity index (χ1) is 10.6. The Labute approximate surface area is 130 Å². The summed E-state index contributed by atoms with van der Waals surface area (Å²) in [7, 11) is 3.12. The van der Waals surface area contributed by atoms with Gasteiger partial charge >= 0.3 is 0 Å². The second-order valence-electron chi connectivity index (χ2n) is 5.47. The van der Waals surface area contributed by atoms with Crippen LogP contribution >= 0.6 is 0 Å². The zero-order chi connectivity index (χ0) is 15.8. The van der Waals surface area contributed by atoms with Gasteiger partial charge in [0.1, 0.15) is 0 Å². The summed E-state index contributed by atoms with van der Waals surface area (Å²) >= 11 is 0. The van der Waals surface area contributed by atoms with E-state index < -0.39 is 11.4 Å². The maximum Gasteiger partial charge on any atom is 0.229 e. The van der Waals surface area contributed by atoms with Gasteiger partial charge in [0.25, 0.3) is 0 Å². The predicted octanol–water partition coefficient (Wildman–Crippen LogP) is 3.35. The topological polar surface area (TPSA) is 38.7 Å². The minimum absolute atomic E-state index is 0.753. The molecule has 114 valence electrons. The average Bonchev–Trinajstić information content (AvgIpc) is 2.58. The quantitative estimate of drug-likeness (QED) is 0.879. The summed E-state index contributed by atoms with van der Waals surface area (Å²) < 4.78 is 11.3. The Kier molecular flexibility index (Phi) is 3.65. The molecular formula is C19H20O3. The zero-order valence-corrected chi connectivity index (χ0v) is 13.0. The van der Waals surface area contributed by atoms with Crippen molar-refractivity contribution in [3.63, 3.8) is 0 Å². The van der Waals surface area contributed by atoms with Crippen LogP contribution in [0.15, 0.2) is 66.2 Å². The Balaban J connectivity index is 2.25. The van der Waals surface area contributed by atoms with Gasteiger partial charge in [-0.15, -0.1) is 0 Å². The van der Waals surface area contributed by atoms with Crippen LogP contribution in [0.2, 0.25) is 0 Å². The van der Waals surface area contributed by atoms with Crippen molar-refractivity contribution in [2.75, 3.05) is 14.2 Å². The minimum atomic E-state index is -1.34. The number of benzene rings is 2. The molecule has 1 aliphatic rings.